The third-order valence-corrected chi connectivity index (χ3v) is 2.51. The van der Waals surface area contributed by atoms with E-state index in [9.17, 15) is 9.81 Å². The molecule has 0 aliphatic carbocycles. The van der Waals surface area contributed by atoms with Gasteiger partial charge in [-0.05, 0) is 36.3 Å². The van der Waals surface area contributed by atoms with E-state index < -0.39 is 0 Å². The summed E-state index contributed by atoms with van der Waals surface area (Å²) in [7, 11) is 5.96. The first-order chi connectivity index (χ1) is 12.4. The molecule has 1 aromatic rings. The number of methoxy groups -OCH3 is 1. The van der Waals surface area contributed by atoms with Crippen molar-refractivity contribution in [1.82, 2.24) is 4.98 Å². The van der Waals surface area contributed by atoms with Gasteiger partial charge in [0.1, 0.15) is 5.75 Å². The maximum atomic E-state index is 9.63. The van der Waals surface area contributed by atoms with Gasteiger partial charge in [-0.15, -0.1) is 21.2 Å². The van der Waals surface area contributed by atoms with Gasteiger partial charge in [0, 0.05) is 12.4 Å². The number of rotatable bonds is 5. The minimum atomic E-state index is 0.201. The Balaban J connectivity index is -0.000000291. The molecule has 1 rings (SSSR count). The normalized spacial score (nSPS) is 10.5. The first kappa shape index (κ1) is 28.7. The van der Waals surface area contributed by atoms with E-state index in [0.717, 1.165) is 5.75 Å². The number of hydrogen-bond donors (Lipinski definition) is 2. The Morgan fingerprint density at radius 3 is 1.50 bits per heavy atom. The molecule has 2 N–H and O–H groups in total. The van der Waals surface area contributed by atoms with Gasteiger partial charge in [0.2, 0.25) is 0 Å². The molecule has 0 bridgehead atoms. The van der Waals surface area contributed by atoms with Crippen LogP contribution < -0.4 is 4.74 Å². The number of aromatic nitrogens is 1. The number of halogens is 1. The molecule has 0 aromatic carbocycles. The molecular weight excluding hydrogens is 413 g/mol. The summed E-state index contributed by atoms with van der Waals surface area (Å²) in [5, 5.41) is 21.1. The van der Waals surface area contributed by atoms with Crippen molar-refractivity contribution in [2.45, 2.75) is 27.7 Å². The zero-order valence-corrected chi connectivity index (χ0v) is 16.7. The van der Waals surface area contributed by atoms with Crippen molar-refractivity contribution in [3.8, 4) is 5.75 Å². The molecular formula is C14H21ClCoN5O5. The van der Waals surface area contributed by atoms with Gasteiger partial charge in [-0.3, -0.25) is 4.98 Å². The van der Waals surface area contributed by atoms with Crippen LogP contribution in [0, 0.1) is 9.81 Å². The van der Waals surface area contributed by atoms with E-state index in [2.05, 4.69) is 51.3 Å². The predicted molar refractivity (Wildman–Crippen MR) is 95.3 cm³/mol. The maximum absolute atomic E-state index is 9.63. The van der Waals surface area contributed by atoms with Crippen molar-refractivity contribution in [3.63, 3.8) is 0 Å². The summed E-state index contributed by atoms with van der Waals surface area (Å²) < 4.78 is 4.87. The average Bonchev–Trinajstić information content (AvgIpc) is 2.74. The predicted octanol–water partition coefficient (Wildman–Crippen LogP) is 5.31. The van der Waals surface area contributed by atoms with E-state index in [-0.39, 0.29) is 22.8 Å². The third kappa shape index (κ3) is 16.8. The Kier molecular flexibility index (Phi) is 23.2. The average molecular weight is 434 g/mol. The molecule has 1 heterocycles. The SMILES string of the molecule is C/C(N=O)=C(\C)[N-]O.C/C(N=O)=C(\C)[N-]O.COc1ccncc1.[Cl][Co+2]. The van der Waals surface area contributed by atoms with Gasteiger partial charge in [0.15, 0.2) is 0 Å². The fourth-order valence-electron chi connectivity index (χ4n) is 0.751. The molecule has 0 aliphatic rings. The minimum absolute atomic E-state index is 0.201. The van der Waals surface area contributed by atoms with Crippen LogP contribution in [0.4, 0.5) is 0 Å². The number of hydrogen-bond acceptors (Lipinski definition) is 8. The molecule has 0 spiro atoms. The Bertz CT molecular complexity index is 528. The summed E-state index contributed by atoms with van der Waals surface area (Å²) in [6.07, 6.45) is 3.39. The Morgan fingerprint density at radius 2 is 1.35 bits per heavy atom. The molecule has 0 amide bonds. The van der Waals surface area contributed by atoms with Gasteiger partial charge in [0.25, 0.3) is 0 Å². The molecule has 0 atom stereocenters. The fourth-order valence-corrected chi connectivity index (χ4v) is 0.751. The van der Waals surface area contributed by atoms with Gasteiger partial charge in [-0.1, -0.05) is 13.8 Å². The van der Waals surface area contributed by atoms with E-state index in [1.807, 2.05) is 0 Å². The Morgan fingerprint density at radius 1 is 1.00 bits per heavy atom. The number of hydroxylamine groups is 2. The van der Waals surface area contributed by atoms with Gasteiger partial charge in [0.05, 0.1) is 18.5 Å². The number of nitrogens with zero attached hydrogens (tertiary/aromatic N) is 5. The molecule has 0 radical (unpaired) electrons. The van der Waals surface area contributed by atoms with Crippen LogP contribution in [0.5, 0.6) is 5.75 Å². The van der Waals surface area contributed by atoms with Crippen LogP contribution in [0.15, 0.2) is 57.7 Å². The monoisotopic (exact) mass is 433 g/mol. The van der Waals surface area contributed by atoms with Crippen molar-refractivity contribution < 1.29 is 30.0 Å². The van der Waals surface area contributed by atoms with Gasteiger partial charge < -0.3 is 26.1 Å². The topological polar surface area (TPSA) is 150 Å². The second-order valence-corrected chi connectivity index (χ2v) is 4.11. The van der Waals surface area contributed by atoms with E-state index in [4.69, 9.17) is 15.2 Å². The van der Waals surface area contributed by atoms with Crippen molar-refractivity contribution in [1.29, 1.82) is 0 Å². The molecule has 1 aromatic heterocycles. The van der Waals surface area contributed by atoms with E-state index in [1.165, 1.54) is 27.7 Å². The van der Waals surface area contributed by atoms with Gasteiger partial charge >= 0.3 is 25.0 Å². The van der Waals surface area contributed by atoms with Crippen molar-refractivity contribution in [2.75, 3.05) is 7.11 Å². The van der Waals surface area contributed by atoms with Crippen LogP contribution >= 0.6 is 10.1 Å². The summed E-state index contributed by atoms with van der Waals surface area (Å²) in [5.41, 5.74) is 6.39. The van der Waals surface area contributed by atoms with E-state index >= 15 is 0 Å². The summed E-state index contributed by atoms with van der Waals surface area (Å²) in [4.78, 5) is 23.1. The standard InChI is InChI=1S/C6H7NO.2C4H8N2O2.ClH.Co/c1-8-6-2-4-7-5-3-6;2*1-3(5-7)4(2)6-8;;/h2-5H,1H3;2*1-2H3,(H2,5,6,7,8);1H;/q;;;;+3/p-3. The van der Waals surface area contributed by atoms with Gasteiger partial charge in [-0.2, -0.15) is 0 Å². The summed E-state index contributed by atoms with van der Waals surface area (Å²) in [6.45, 7) is 5.94. The van der Waals surface area contributed by atoms with Crippen molar-refractivity contribution in [3.05, 3.63) is 68.1 Å². The van der Waals surface area contributed by atoms with Crippen LogP contribution in [0.2, 0.25) is 0 Å². The van der Waals surface area contributed by atoms with Crippen molar-refractivity contribution >= 4 is 10.1 Å². The molecule has 0 saturated carbocycles. The number of nitroso groups, excluding NO2 is 2. The summed E-state index contributed by atoms with van der Waals surface area (Å²) >= 11 is 3.03. The second kappa shape index (κ2) is 21.0. The molecule has 10 nitrogen and oxygen atoms in total. The number of allylic oxidation sites excluding steroid dienone is 4. The second-order valence-electron chi connectivity index (χ2n) is 4.11. The van der Waals surface area contributed by atoms with Crippen LogP contribution in [-0.4, -0.2) is 22.5 Å². The van der Waals surface area contributed by atoms with Crippen LogP contribution in [0.3, 0.4) is 0 Å². The summed E-state index contributed by atoms with van der Waals surface area (Å²) in [6, 6.07) is 3.61. The molecule has 26 heavy (non-hydrogen) atoms. The zero-order chi connectivity index (χ0) is 21.0. The van der Waals surface area contributed by atoms with Gasteiger partial charge in [-0.25, -0.2) is 0 Å². The molecule has 12 heteroatoms. The van der Waals surface area contributed by atoms with E-state index in [1.54, 1.807) is 31.6 Å². The quantitative estimate of drug-likeness (QED) is 0.474. The Hall–Kier alpha value is -2.05. The zero-order valence-electron chi connectivity index (χ0n) is 14.9. The number of ether oxygens (including phenoxy) is 1. The fraction of sp³-hybridized carbons (Fsp3) is 0.357. The molecule has 0 saturated heterocycles. The molecule has 0 fully saturated rings. The first-order valence-corrected chi connectivity index (χ1v) is 8.09. The first-order valence-electron chi connectivity index (χ1n) is 6.66. The van der Waals surface area contributed by atoms with E-state index in [0.29, 0.717) is 0 Å². The van der Waals surface area contributed by atoms with Crippen LogP contribution in [0.25, 0.3) is 11.0 Å². The third-order valence-electron chi connectivity index (χ3n) is 2.51. The molecule has 148 valence electrons. The van der Waals surface area contributed by atoms with Crippen LogP contribution in [0.1, 0.15) is 27.7 Å². The molecule has 0 aliphatic heterocycles. The number of pyridine rings is 1. The Labute approximate surface area is 164 Å². The summed E-state index contributed by atoms with van der Waals surface area (Å²) in [5.74, 6) is 0.847. The molecule has 0 unspecified atom stereocenters. The van der Waals surface area contributed by atoms with Crippen LogP contribution in [-0.2, 0) is 14.8 Å². The van der Waals surface area contributed by atoms with Crippen molar-refractivity contribution in [2.24, 2.45) is 10.4 Å².